The van der Waals surface area contributed by atoms with Gasteiger partial charge >= 0.3 is 12.0 Å². The van der Waals surface area contributed by atoms with Crippen LogP contribution in [0, 0.1) is 0 Å². The van der Waals surface area contributed by atoms with Crippen LogP contribution in [0.5, 0.6) is 0 Å². The summed E-state index contributed by atoms with van der Waals surface area (Å²) in [6.07, 6.45) is 1.45. The number of unbranched alkanes of at least 4 members (excludes halogenated alkanes) is 1. The molecule has 0 saturated carbocycles. The van der Waals surface area contributed by atoms with Crippen LogP contribution in [0.4, 0.5) is 4.79 Å². The van der Waals surface area contributed by atoms with Gasteiger partial charge in [-0.2, -0.15) is 0 Å². The Balaban J connectivity index is 2.40. The smallest absolute Gasteiger partial charge is 0.330 e. The van der Waals surface area contributed by atoms with Gasteiger partial charge in [-0.3, -0.25) is 4.79 Å². The van der Waals surface area contributed by atoms with Crippen molar-refractivity contribution >= 4 is 17.9 Å². The number of carboxylic acid groups (broad SMARTS) is 1. The summed E-state index contributed by atoms with van der Waals surface area (Å²) in [5.41, 5.74) is 5.49. The Kier molecular flexibility index (Phi) is 6.73. The molecule has 0 spiro atoms. The summed E-state index contributed by atoms with van der Waals surface area (Å²) < 4.78 is 0. The quantitative estimate of drug-likeness (QED) is 0.529. The van der Waals surface area contributed by atoms with Gasteiger partial charge in [-0.1, -0.05) is 30.3 Å². The molecule has 0 aromatic heterocycles. The standard InChI is InChI=1S/C14H19N3O4/c15-11(18)8-4-5-9-16-14(21)17-12(13(19)20)10-6-2-1-3-7-10/h1-3,6-7,12H,4-5,8-9H2,(H2,15,18)(H,19,20)(H2,16,17,21)/t12-/m1/s1. The lowest BCUT2D eigenvalue weighted by atomic mass is 10.1. The number of carbonyl (C=O) groups excluding carboxylic acids is 2. The van der Waals surface area contributed by atoms with Gasteiger partial charge in [-0.15, -0.1) is 0 Å². The zero-order valence-corrected chi connectivity index (χ0v) is 11.5. The predicted molar refractivity (Wildman–Crippen MR) is 76.4 cm³/mol. The summed E-state index contributed by atoms with van der Waals surface area (Å²) in [7, 11) is 0. The minimum absolute atomic E-state index is 0.269. The van der Waals surface area contributed by atoms with Crippen molar-refractivity contribution in [1.82, 2.24) is 10.6 Å². The summed E-state index contributed by atoms with van der Waals surface area (Å²) in [5.74, 6) is -1.51. The highest BCUT2D eigenvalue weighted by Gasteiger charge is 2.21. The lowest BCUT2D eigenvalue weighted by Crippen LogP contribution is -2.41. The highest BCUT2D eigenvalue weighted by molar-refractivity contribution is 5.83. The van der Waals surface area contributed by atoms with Crippen molar-refractivity contribution < 1.29 is 19.5 Å². The number of nitrogens with two attached hydrogens (primary N) is 1. The van der Waals surface area contributed by atoms with Crippen LogP contribution >= 0.6 is 0 Å². The van der Waals surface area contributed by atoms with Gasteiger partial charge in [0.25, 0.3) is 0 Å². The van der Waals surface area contributed by atoms with E-state index in [4.69, 9.17) is 10.8 Å². The number of benzene rings is 1. The third-order valence-corrected chi connectivity index (χ3v) is 2.79. The molecule has 0 unspecified atom stereocenters. The van der Waals surface area contributed by atoms with Crippen LogP contribution < -0.4 is 16.4 Å². The Hall–Kier alpha value is -2.57. The molecule has 0 aliphatic heterocycles. The lowest BCUT2D eigenvalue weighted by Gasteiger charge is -2.15. The molecule has 1 aromatic rings. The molecule has 0 heterocycles. The van der Waals surface area contributed by atoms with E-state index in [2.05, 4.69) is 10.6 Å². The Morgan fingerprint density at radius 2 is 1.81 bits per heavy atom. The van der Waals surface area contributed by atoms with E-state index in [0.29, 0.717) is 24.9 Å². The largest absolute Gasteiger partial charge is 0.479 e. The Labute approximate surface area is 122 Å². The third kappa shape index (κ3) is 6.42. The molecule has 7 heteroatoms. The lowest BCUT2D eigenvalue weighted by molar-refractivity contribution is -0.139. The number of primary amides is 1. The topological polar surface area (TPSA) is 122 Å². The zero-order chi connectivity index (χ0) is 15.7. The molecular formula is C14H19N3O4. The molecule has 0 bridgehead atoms. The molecule has 1 atom stereocenters. The molecule has 5 N–H and O–H groups in total. The minimum atomic E-state index is -1.13. The van der Waals surface area contributed by atoms with Gasteiger partial charge in [-0.05, 0) is 18.4 Å². The number of carbonyl (C=O) groups is 3. The van der Waals surface area contributed by atoms with Gasteiger partial charge in [-0.25, -0.2) is 9.59 Å². The average Bonchev–Trinajstić information content (AvgIpc) is 2.44. The number of hydrogen-bond donors (Lipinski definition) is 4. The maximum atomic E-state index is 11.7. The van der Waals surface area contributed by atoms with Gasteiger partial charge < -0.3 is 21.5 Å². The summed E-state index contributed by atoms with van der Waals surface area (Å²) in [6.45, 7) is 0.347. The van der Waals surface area contributed by atoms with E-state index < -0.39 is 18.0 Å². The Bertz CT molecular complexity index is 490. The number of rotatable bonds is 8. The monoisotopic (exact) mass is 293 g/mol. The number of urea groups is 1. The molecule has 7 nitrogen and oxygen atoms in total. The molecule has 1 rings (SSSR count). The second-order valence-electron chi connectivity index (χ2n) is 4.51. The SMILES string of the molecule is NC(=O)CCCCNC(=O)N[C@@H](C(=O)O)c1ccccc1. The Morgan fingerprint density at radius 1 is 1.14 bits per heavy atom. The maximum absolute atomic E-state index is 11.7. The van der Waals surface area contributed by atoms with Crippen molar-refractivity contribution in [3.05, 3.63) is 35.9 Å². The van der Waals surface area contributed by atoms with Gasteiger partial charge in [0, 0.05) is 13.0 Å². The zero-order valence-electron chi connectivity index (χ0n) is 11.5. The van der Waals surface area contributed by atoms with E-state index in [1.807, 2.05) is 0 Å². The highest BCUT2D eigenvalue weighted by Crippen LogP contribution is 2.12. The van der Waals surface area contributed by atoms with Crippen LogP contribution in [0.3, 0.4) is 0 Å². The van der Waals surface area contributed by atoms with E-state index in [1.165, 1.54) is 0 Å². The normalized spacial score (nSPS) is 11.4. The maximum Gasteiger partial charge on any atom is 0.330 e. The fourth-order valence-corrected chi connectivity index (χ4v) is 1.74. The highest BCUT2D eigenvalue weighted by atomic mass is 16.4. The third-order valence-electron chi connectivity index (χ3n) is 2.79. The summed E-state index contributed by atoms with van der Waals surface area (Å²) in [5, 5.41) is 14.1. The summed E-state index contributed by atoms with van der Waals surface area (Å²) >= 11 is 0. The summed E-state index contributed by atoms with van der Waals surface area (Å²) in [4.78, 5) is 33.4. The molecule has 0 radical (unpaired) electrons. The van der Waals surface area contributed by atoms with Crippen molar-refractivity contribution in [2.45, 2.75) is 25.3 Å². The molecule has 3 amide bonds. The molecular weight excluding hydrogens is 274 g/mol. The molecule has 0 aliphatic rings. The molecule has 114 valence electrons. The Morgan fingerprint density at radius 3 is 2.38 bits per heavy atom. The second kappa shape index (κ2) is 8.57. The van der Waals surface area contributed by atoms with E-state index in [1.54, 1.807) is 30.3 Å². The number of carboxylic acids is 1. The summed E-state index contributed by atoms with van der Waals surface area (Å²) in [6, 6.07) is 6.77. The first kappa shape index (κ1) is 16.5. The first-order valence-electron chi connectivity index (χ1n) is 6.61. The molecule has 0 saturated heterocycles. The van der Waals surface area contributed by atoms with Crippen molar-refractivity contribution in [2.75, 3.05) is 6.54 Å². The number of amides is 3. The van der Waals surface area contributed by atoms with E-state index in [-0.39, 0.29) is 12.3 Å². The fraction of sp³-hybridized carbons (Fsp3) is 0.357. The van der Waals surface area contributed by atoms with Crippen LogP contribution in [0.25, 0.3) is 0 Å². The predicted octanol–water partition coefficient (Wildman–Crippen LogP) is 0.767. The van der Waals surface area contributed by atoms with Crippen LogP contribution in [-0.4, -0.2) is 29.6 Å². The van der Waals surface area contributed by atoms with E-state index >= 15 is 0 Å². The van der Waals surface area contributed by atoms with Crippen molar-refractivity contribution in [1.29, 1.82) is 0 Å². The average molecular weight is 293 g/mol. The second-order valence-corrected chi connectivity index (χ2v) is 4.51. The first-order chi connectivity index (χ1) is 10.0. The van der Waals surface area contributed by atoms with Crippen molar-refractivity contribution in [3.63, 3.8) is 0 Å². The minimum Gasteiger partial charge on any atom is -0.479 e. The first-order valence-corrected chi connectivity index (χ1v) is 6.61. The van der Waals surface area contributed by atoms with Gasteiger partial charge in [0.1, 0.15) is 0 Å². The van der Waals surface area contributed by atoms with Gasteiger partial charge in [0.05, 0.1) is 0 Å². The van der Waals surface area contributed by atoms with Crippen LogP contribution in [0.2, 0.25) is 0 Å². The van der Waals surface area contributed by atoms with Crippen LogP contribution in [0.1, 0.15) is 30.9 Å². The van der Waals surface area contributed by atoms with E-state index in [0.717, 1.165) is 0 Å². The van der Waals surface area contributed by atoms with Gasteiger partial charge in [0.15, 0.2) is 6.04 Å². The van der Waals surface area contributed by atoms with Crippen LogP contribution in [-0.2, 0) is 9.59 Å². The number of hydrogen-bond acceptors (Lipinski definition) is 3. The molecule has 0 aliphatic carbocycles. The van der Waals surface area contributed by atoms with Crippen molar-refractivity contribution in [2.24, 2.45) is 5.73 Å². The van der Waals surface area contributed by atoms with Gasteiger partial charge in [0.2, 0.25) is 5.91 Å². The molecule has 0 fully saturated rings. The van der Waals surface area contributed by atoms with E-state index in [9.17, 15) is 14.4 Å². The molecule has 1 aromatic carbocycles. The molecule has 21 heavy (non-hydrogen) atoms. The number of nitrogens with one attached hydrogen (secondary N) is 2. The van der Waals surface area contributed by atoms with Crippen molar-refractivity contribution in [3.8, 4) is 0 Å². The number of aliphatic carboxylic acids is 1. The fourth-order valence-electron chi connectivity index (χ4n) is 1.74. The van der Waals surface area contributed by atoms with Crippen LogP contribution in [0.15, 0.2) is 30.3 Å².